The molecule has 0 amide bonds. The number of hydrogen-bond donors (Lipinski definition) is 2. The number of hydrazine groups is 1. The first-order valence-electron chi connectivity index (χ1n) is 5.93. The zero-order valence-electron chi connectivity index (χ0n) is 10.5. The lowest BCUT2D eigenvalue weighted by Gasteiger charge is -2.18. The van der Waals surface area contributed by atoms with Gasteiger partial charge in [0, 0.05) is 10.7 Å². The van der Waals surface area contributed by atoms with Crippen LogP contribution in [-0.2, 0) is 6.42 Å². The van der Waals surface area contributed by atoms with E-state index in [1.807, 2.05) is 19.1 Å². The topological polar surface area (TPSA) is 50.9 Å². The number of nitrogens with zero attached hydrogens (tertiary/aromatic N) is 1. The van der Waals surface area contributed by atoms with Crippen molar-refractivity contribution >= 4 is 15.9 Å². The minimum atomic E-state index is -0.239. The second-order valence-corrected chi connectivity index (χ2v) is 5.22. The van der Waals surface area contributed by atoms with Gasteiger partial charge >= 0.3 is 0 Å². The third-order valence-electron chi connectivity index (χ3n) is 3.05. The Kier molecular flexibility index (Phi) is 4.63. The fraction of sp³-hybridized carbons (Fsp3) is 0.214. The van der Waals surface area contributed by atoms with Gasteiger partial charge in [0.25, 0.3) is 0 Å². The maximum absolute atomic E-state index is 13.3. The van der Waals surface area contributed by atoms with Crippen LogP contribution in [0.3, 0.4) is 0 Å². The van der Waals surface area contributed by atoms with Gasteiger partial charge in [0.15, 0.2) is 0 Å². The molecular weight excluding hydrogens is 309 g/mol. The number of aromatic nitrogens is 1. The number of benzene rings is 1. The van der Waals surface area contributed by atoms with Crippen molar-refractivity contribution in [3.05, 3.63) is 63.6 Å². The first-order chi connectivity index (χ1) is 9.11. The molecule has 5 heteroatoms. The zero-order chi connectivity index (χ0) is 13.8. The first-order valence-corrected chi connectivity index (χ1v) is 6.72. The molecule has 0 saturated heterocycles. The predicted octanol–water partition coefficient (Wildman–Crippen LogP) is 3.04. The molecule has 2 aromatic rings. The molecule has 1 atom stereocenters. The standard InChI is InChI=1S/C14H15BrFN3/c1-9-4-5-11(16)7-10(9)8-13(19-17)14-12(15)3-2-6-18-14/h2-7,13,19H,8,17H2,1H3. The van der Waals surface area contributed by atoms with Crippen molar-refractivity contribution in [2.24, 2.45) is 5.84 Å². The molecule has 0 aliphatic rings. The lowest BCUT2D eigenvalue weighted by molar-refractivity contribution is 0.532. The van der Waals surface area contributed by atoms with Crippen LogP contribution < -0.4 is 11.3 Å². The van der Waals surface area contributed by atoms with Gasteiger partial charge in [-0.15, -0.1) is 0 Å². The average Bonchev–Trinajstić information content (AvgIpc) is 2.41. The van der Waals surface area contributed by atoms with E-state index in [0.29, 0.717) is 6.42 Å². The van der Waals surface area contributed by atoms with Gasteiger partial charge in [0.2, 0.25) is 0 Å². The molecular formula is C14H15BrFN3. The highest BCUT2D eigenvalue weighted by Gasteiger charge is 2.16. The number of nitrogens with one attached hydrogen (secondary N) is 1. The second-order valence-electron chi connectivity index (χ2n) is 4.36. The van der Waals surface area contributed by atoms with Crippen LogP contribution in [0.2, 0.25) is 0 Å². The Hall–Kier alpha value is -1.30. The molecule has 1 aromatic heterocycles. The van der Waals surface area contributed by atoms with E-state index in [9.17, 15) is 4.39 Å². The van der Waals surface area contributed by atoms with Crippen LogP contribution >= 0.6 is 15.9 Å². The average molecular weight is 324 g/mol. The van der Waals surface area contributed by atoms with E-state index in [2.05, 4.69) is 26.3 Å². The molecule has 1 aromatic carbocycles. The summed E-state index contributed by atoms with van der Waals surface area (Å²) in [6, 6.07) is 8.35. The van der Waals surface area contributed by atoms with Crippen LogP contribution in [0.1, 0.15) is 22.9 Å². The van der Waals surface area contributed by atoms with Gasteiger partial charge < -0.3 is 0 Å². The van der Waals surface area contributed by atoms with Crippen molar-refractivity contribution in [2.45, 2.75) is 19.4 Å². The molecule has 1 unspecified atom stereocenters. The summed E-state index contributed by atoms with van der Waals surface area (Å²) in [5.41, 5.74) is 5.51. The summed E-state index contributed by atoms with van der Waals surface area (Å²) in [5, 5.41) is 0. The van der Waals surface area contributed by atoms with E-state index in [0.717, 1.165) is 21.3 Å². The lowest BCUT2D eigenvalue weighted by Crippen LogP contribution is -2.30. The summed E-state index contributed by atoms with van der Waals surface area (Å²) in [7, 11) is 0. The van der Waals surface area contributed by atoms with Crippen molar-refractivity contribution in [2.75, 3.05) is 0 Å². The Morgan fingerprint density at radius 3 is 2.89 bits per heavy atom. The van der Waals surface area contributed by atoms with Crippen LogP contribution in [0.4, 0.5) is 4.39 Å². The van der Waals surface area contributed by atoms with Gasteiger partial charge in [-0.05, 0) is 64.7 Å². The highest BCUT2D eigenvalue weighted by Crippen LogP contribution is 2.24. The smallest absolute Gasteiger partial charge is 0.123 e. The van der Waals surface area contributed by atoms with E-state index in [-0.39, 0.29) is 11.9 Å². The first kappa shape index (κ1) is 14.1. The van der Waals surface area contributed by atoms with E-state index >= 15 is 0 Å². The molecule has 0 spiro atoms. The maximum Gasteiger partial charge on any atom is 0.123 e. The Morgan fingerprint density at radius 2 is 2.21 bits per heavy atom. The normalized spacial score (nSPS) is 12.4. The van der Waals surface area contributed by atoms with E-state index in [1.165, 1.54) is 12.1 Å². The molecule has 0 fully saturated rings. The maximum atomic E-state index is 13.3. The van der Waals surface area contributed by atoms with Gasteiger partial charge in [-0.2, -0.15) is 0 Å². The Bertz CT molecular complexity index is 574. The van der Waals surface area contributed by atoms with E-state index in [4.69, 9.17) is 5.84 Å². The number of pyridine rings is 1. The van der Waals surface area contributed by atoms with Gasteiger partial charge in [-0.25, -0.2) is 4.39 Å². The molecule has 100 valence electrons. The summed E-state index contributed by atoms with van der Waals surface area (Å²) in [6.45, 7) is 1.95. The minimum Gasteiger partial charge on any atom is -0.271 e. The lowest BCUT2D eigenvalue weighted by atomic mass is 9.99. The Labute approximate surface area is 120 Å². The molecule has 2 rings (SSSR count). The monoisotopic (exact) mass is 323 g/mol. The van der Waals surface area contributed by atoms with Crippen LogP contribution in [0.25, 0.3) is 0 Å². The number of nitrogens with two attached hydrogens (primary N) is 1. The van der Waals surface area contributed by atoms with Crippen molar-refractivity contribution < 1.29 is 4.39 Å². The highest BCUT2D eigenvalue weighted by molar-refractivity contribution is 9.10. The summed E-state index contributed by atoms with van der Waals surface area (Å²) in [4.78, 5) is 4.31. The molecule has 0 radical (unpaired) electrons. The van der Waals surface area contributed by atoms with Crippen molar-refractivity contribution in [1.29, 1.82) is 0 Å². The van der Waals surface area contributed by atoms with Crippen LogP contribution in [-0.4, -0.2) is 4.98 Å². The number of rotatable bonds is 4. The molecule has 1 heterocycles. The highest BCUT2D eigenvalue weighted by atomic mass is 79.9. The fourth-order valence-electron chi connectivity index (χ4n) is 1.97. The van der Waals surface area contributed by atoms with Crippen molar-refractivity contribution in [1.82, 2.24) is 10.4 Å². The quantitative estimate of drug-likeness (QED) is 0.671. The number of halogens is 2. The number of aryl methyl sites for hydroxylation is 1. The largest absolute Gasteiger partial charge is 0.271 e. The third kappa shape index (κ3) is 3.37. The second kappa shape index (κ2) is 6.23. The summed E-state index contributed by atoms with van der Waals surface area (Å²) in [6.07, 6.45) is 2.29. The molecule has 0 aliphatic carbocycles. The molecule has 0 saturated carbocycles. The van der Waals surface area contributed by atoms with Crippen LogP contribution in [0, 0.1) is 12.7 Å². The van der Waals surface area contributed by atoms with Crippen molar-refractivity contribution in [3.8, 4) is 0 Å². The van der Waals surface area contributed by atoms with Crippen LogP contribution in [0.15, 0.2) is 41.0 Å². The zero-order valence-corrected chi connectivity index (χ0v) is 12.1. The Morgan fingerprint density at radius 1 is 1.42 bits per heavy atom. The van der Waals surface area contributed by atoms with Gasteiger partial charge in [0.05, 0.1) is 11.7 Å². The van der Waals surface area contributed by atoms with E-state index < -0.39 is 0 Å². The summed E-state index contributed by atoms with van der Waals surface area (Å²) >= 11 is 3.45. The SMILES string of the molecule is Cc1ccc(F)cc1CC(NN)c1ncccc1Br. The van der Waals surface area contributed by atoms with Crippen molar-refractivity contribution in [3.63, 3.8) is 0 Å². The number of hydrogen-bond acceptors (Lipinski definition) is 3. The van der Waals surface area contributed by atoms with Gasteiger partial charge in [-0.1, -0.05) is 6.07 Å². The molecule has 0 aliphatic heterocycles. The van der Waals surface area contributed by atoms with Gasteiger partial charge in [0.1, 0.15) is 5.82 Å². The molecule has 0 bridgehead atoms. The Balaban J connectivity index is 2.29. The fourth-order valence-corrected chi connectivity index (χ4v) is 2.50. The van der Waals surface area contributed by atoms with Gasteiger partial charge in [-0.3, -0.25) is 16.3 Å². The molecule has 3 N–H and O–H groups in total. The van der Waals surface area contributed by atoms with E-state index in [1.54, 1.807) is 12.3 Å². The van der Waals surface area contributed by atoms with Crippen LogP contribution in [0.5, 0.6) is 0 Å². The third-order valence-corrected chi connectivity index (χ3v) is 3.72. The predicted molar refractivity (Wildman–Crippen MR) is 76.8 cm³/mol. The molecule has 3 nitrogen and oxygen atoms in total. The minimum absolute atomic E-state index is 0.170. The molecule has 19 heavy (non-hydrogen) atoms. The summed E-state index contributed by atoms with van der Waals surface area (Å²) < 4.78 is 14.2. The summed E-state index contributed by atoms with van der Waals surface area (Å²) in [5.74, 6) is 5.37.